The number of aryl methyl sites for hydroxylation is 2. The van der Waals surface area contributed by atoms with Gasteiger partial charge in [0.15, 0.2) is 0 Å². The topological polar surface area (TPSA) is 47.1 Å². The monoisotopic (exact) mass is 284 g/mol. The van der Waals surface area contributed by atoms with E-state index >= 15 is 0 Å². The van der Waals surface area contributed by atoms with E-state index in [0.717, 1.165) is 19.6 Å². The number of hydrogen-bond donors (Lipinski definition) is 1. The van der Waals surface area contributed by atoms with Gasteiger partial charge in [0.05, 0.1) is 6.20 Å². The minimum atomic E-state index is 0.303. The van der Waals surface area contributed by atoms with Gasteiger partial charge in [-0.25, -0.2) is 0 Å². The maximum atomic E-state index is 6.14. The molecule has 21 heavy (non-hydrogen) atoms. The summed E-state index contributed by atoms with van der Waals surface area (Å²) < 4.78 is 1.86. The number of nitrogens with zero attached hydrogens (tertiary/aromatic N) is 3. The second-order valence-electron chi connectivity index (χ2n) is 6.40. The lowest BCUT2D eigenvalue weighted by atomic mass is 9.99. The number of nitrogens with two attached hydrogens (primary N) is 1. The van der Waals surface area contributed by atoms with E-state index in [2.05, 4.69) is 48.2 Å². The maximum absolute atomic E-state index is 6.14. The largest absolute Gasteiger partial charge is 0.326 e. The quantitative estimate of drug-likeness (QED) is 0.939. The standard InChI is InChI=1S/C17H24N4/c1-12-4-5-14(10-21-8-13(2)17(18)11-21)16(6-12)15-7-19-20(3)9-15/h4-7,9,13,17H,8,10-11,18H2,1-3H3. The van der Waals surface area contributed by atoms with Crippen molar-refractivity contribution in [3.63, 3.8) is 0 Å². The van der Waals surface area contributed by atoms with Gasteiger partial charge in [-0.2, -0.15) is 5.10 Å². The van der Waals surface area contributed by atoms with Crippen molar-refractivity contribution in [2.24, 2.45) is 18.7 Å². The highest BCUT2D eigenvalue weighted by atomic mass is 15.2. The molecule has 0 aliphatic carbocycles. The van der Waals surface area contributed by atoms with E-state index in [1.807, 2.05) is 17.9 Å². The average Bonchev–Trinajstić information content (AvgIpc) is 2.99. The van der Waals surface area contributed by atoms with Gasteiger partial charge < -0.3 is 5.73 Å². The first-order valence-corrected chi connectivity index (χ1v) is 7.59. The molecule has 0 radical (unpaired) electrons. The van der Waals surface area contributed by atoms with Crippen LogP contribution in [0.25, 0.3) is 11.1 Å². The molecule has 1 aliphatic heterocycles. The molecule has 2 aromatic rings. The van der Waals surface area contributed by atoms with E-state index in [0.29, 0.717) is 12.0 Å². The Morgan fingerprint density at radius 1 is 1.33 bits per heavy atom. The van der Waals surface area contributed by atoms with Crippen LogP contribution in [0.3, 0.4) is 0 Å². The fourth-order valence-electron chi connectivity index (χ4n) is 3.12. The van der Waals surface area contributed by atoms with Gasteiger partial charge >= 0.3 is 0 Å². The van der Waals surface area contributed by atoms with Crippen molar-refractivity contribution >= 4 is 0 Å². The van der Waals surface area contributed by atoms with Crippen molar-refractivity contribution in [2.75, 3.05) is 13.1 Å². The van der Waals surface area contributed by atoms with E-state index in [4.69, 9.17) is 5.73 Å². The molecule has 0 amide bonds. The van der Waals surface area contributed by atoms with Gasteiger partial charge in [-0.1, -0.05) is 30.7 Å². The normalized spacial score (nSPS) is 22.9. The number of likely N-dealkylation sites (tertiary alicyclic amines) is 1. The zero-order chi connectivity index (χ0) is 15.0. The summed E-state index contributed by atoms with van der Waals surface area (Å²) in [5.41, 5.74) is 11.3. The third kappa shape index (κ3) is 3.01. The summed E-state index contributed by atoms with van der Waals surface area (Å²) in [5.74, 6) is 0.581. The Morgan fingerprint density at radius 2 is 2.14 bits per heavy atom. The lowest BCUT2D eigenvalue weighted by Crippen LogP contribution is -2.28. The van der Waals surface area contributed by atoms with Crippen molar-refractivity contribution in [3.8, 4) is 11.1 Å². The zero-order valence-electron chi connectivity index (χ0n) is 13.1. The Kier molecular flexibility index (Phi) is 3.83. The smallest absolute Gasteiger partial charge is 0.0568 e. The van der Waals surface area contributed by atoms with Gasteiger partial charge in [0.25, 0.3) is 0 Å². The van der Waals surface area contributed by atoms with Crippen LogP contribution in [-0.2, 0) is 13.6 Å². The highest BCUT2D eigenvalue weighted by Crippen LogP contribution is 2.27. The van der Waals surface area contributed by atoms with E-state index < -0.39 is 0 Å². The summed E-state index contributed by atoms with van der Waals surface area (Å²) in [6.45, 7) is 7.41. The van der Waals surface area contributed by atoms with Crippen molar-refractivity contribution in [1.82, 2.24) is 14.7 Å². The highest BCUT2D eigenvalue weighted by molar-refractivity contribution is 5.66. The Bertz CT molecular complexity index is 621. The molecule has 2 atom stereocenters. The number of rotatable bonds is 3. The molecule has 2 unspecified atom stereocenters. The molecular weight excluding hydrogens is 260 g/mol. The molecule has 0 bridgehead atoms. The summed E-state index contributed by atoms with van der Waals surface area (Å²) in [5, 5.41) is 4.30. The lowest BCUT2D eigenvalue weighted by Gasteiger charge is -2.18. The number of benzene rings is 1. The minimum absolute atomic E-state index is 0.303. The molecule has 3 rings (SSSR count). The van der Waals surface area contributed by atoms with E-state index in [1.54, 1.807) is 0 Å². The second-order valence-corrected chi connectivity index (χ2v) is 6.40. The summed E-state index contributed by atoms with van der Waals surface area (Å²) >= 11 is 0. The van der Waals surface area contributed by atoms with Crippen LogP contribution in [0.4, 0.5) is 0 Å². The molecule has 1 aromatic heterocycles. The van der Waals surface area contributed by atoms with Crippen molar-refractivity contribution in [3.05, 3.63) is 41.7 Å². The summed E-state index contributed by atoms with van der Waals surface area (Å²) in [6, 6.07) is 6.99. The predicted octanol–water partition coefficient (Wildman–Crippen LogP) is 2.17. The Labute approximate surface area is 126 Å². The molecule has 4 heteroatoms. The molecule has 1 fully saturated rings. The predicted molar refractivity (Wildman–Crippen MR) is 85.8 cm³/mol. The Morgan fingerprint density at radius 3 is 2.76 bits per heavy atom. The molecule has 2 heterocycles. The van der Waals surface area contributed by atoms with Crippen LogP contribution < -0.4 is 5.73 Å². The molecule has 1 aliphatic rings. The lowest BCUT2D eigenvalue weighted by molar-refractivity contribution is 0.319. The van der Waals surface area contributed by atoms with Gasteiger partial charge in [0, 0.05) is 44.5 Å². The average molecular weight is 284 g/mol. The van der Waals surface area contributed by atoms with Crippen molar-refractivity contribution in [2.45, 2.75) is 26.4 Å². The maximum Gasteiger partial charge on any atom is 0.0568 e. The van der Waals surface area contributed by atoms with E-state index in [9.17, 15) is 0 Å². The molecule has 4 nitrogen and oxygen atoms in total. The molecule has 2 N–H and O–H groups in total. The minimum Gasteiger partial charge on any atom is -0.326 e. The second kappa shape index (κ2) is 5.62. The van der Waals surface area contributed by atoms with Gasteiger partial charge in [-0.15, -0.1) is 0 Å². The SMILES string of the molecule is Cc1ccc(CN2CC(C)C(N)C2)c(-c2cnn(C)c2)c1. The fourth-order valence-corrected chi connectivity index (χ4v) is 3.12. The van der Waals surface area contributed by atoms with Crippen LogP contribution in [0.1, 0.15) is 18.1 Å². The third-order valence-electron chi connectivity index (χ3n) is 4.42. The molecule has 1 aromatic carbocycles. The van der Waals surface area contributed by atoms with E-state index in [1.165, 1.54) is 22.3 Å². The fraction of sp³-hybridized carbons (Fsp3) is 0.471. The molecule has 0 saturated carbocycles. The van der Waals surface area contributed by atoms with Crippen LogP contribution >= 0.6 is 0 Å². The highest BCUT2D eigenvalue weighted by Gasteiger charge is 2.26. The van der Waals surface area contributed by atoms with Crippen LogP contribution in [0.5, 0.6) is 0 Å². The first-order valence-electron chi connectivity index (χ1n) is 7.59. The van der Waals surface area contributed by atoms with Crippen LogP contribution in [0.2, 0.25) is 0 Å². The zero-order valence-corrected chi connectivity index (χ0v) is 13.1. The summed E-state index contributed by atoms with van der Waals surface area (Å²) in [7, 11) is 1.96. The van der Waals surface area contributed by atoms with Crippen LogP contribution in [-0.4, -0.2) is 33.8 Å². The van der Waals surface area contributed by atoms with E-state index in [-0.39, 0.29) is 0 Å². The molecule has 1 saturated heterocycles. The summed E-state index contributed by atoms with van der Waals surface area (Å²) in [6.07, 6.45) is 4.02. The van der Waals surface area contributed by atoms with Crippen LogP contribution in [0, 0.1) is 12.8 Å². The van der Waals surface area contributed by atoms with Gasteiger partial charge in [-0.05, 0) is 24.0 Å². The van der Waals surface area contributed by atoms with Gasteiger partial charge in [0.2, 0.25) is 0 Å². The van der Waals surface area contributed by atoms with Gasteiger partial charge in [0.1, 0.15) is 0 Å². The van der Waals surface area contributed by atoms with Crippen LogP contribution in [0.15, 0.2) is 30.6 Å². The molecule has 0 spiro atoms. The third-order valence-corrected chi connectivity index (χ3v) is 4.42. The number of hydrogen-bond acceptors (Lipinski definition) is 3. The first-order chi connectivity index (χ1) is 10.0. The number of aromatic nitrogens is 2. The summed E-state index contributed by atoms with van der Waals surface area (Å²) in [4.78, 5) is 2.46. The Balaban J connectivity index is 1.88. The first kappa shape index (κ1) is 14.3. The molecule has 112 valence electrons. The molecular formula is C17H24N4. The van der Waals surface area contributed by atoms with Crippen molar-refractivity contribution < 1.29 is 0 Å². The van der Waals surface area contributed by atoms with Crippen molar-refractivity contribution in [1.29, 1.82) is 0 Å². The van der Waals surface area contributed by atoms with Gasteiger partial charge in [-0.3, -0.25) is 9.58 Å². The Hall–Kier alpha value is -1.65.